The zero-order valence-electron chi connectivity index (χ0n) is 10.4. The summed E-state index contributed by atoms with van der Waals surface area (Å²) in [4.78, 5) is 11.7. The Balaban J connectivity index is 2.14. The molecule has 1 aromatic heterocycles. The van der Waals surface area contributed by atoms with Gasteiger partial charge >= 0.3 is 0 Å². The lowest BCUT2D eigenvalue weighted by molar-refractivity contribution is 0.368. The summed E-state index contributed by atoms with van der Waals surface area (Å²) < 4.78 is 13.4. The molecule has 0 aliphatic heterocycles. The third kappa shape index (κ3) is 2.38. The van der Waals surface area contributed by atoms with Crippen molar-refractivity contribution in [1.82, 2.24) is 9.78 Å². The Morgan fingerprint density at radius 3 is 2.78 bits per heavy atom. The highest BCUT2D eigenvalue weighted by Crippen LogP contribution is 2.37. The van der Waals surface area contributed by atoms with Crippen molar-refractivity contribution in [3.05, 3.63) is 21.0 Å². The Morgan fingerprint density at radius 1 is 1.61 bits per heavy atom. The van der Waals surface area contributed by atoms with E-state index in [9.17, 15) is 9.00 Å². The van der Waals surface area contributed by atoms with Crippen LogP contribution in [0.5, 0.6) is 0 Å². The summed E-state index contributed by atoms with van der Waals surface area (Å²) in [6, 6.07) is 0. The van der Waals surface area contributed by atoms with Crippen LogP contribution in [0, 0.1) is 0 Å². The van der Waals surface area contributed by atoms with E-state index in [0.717, 1.165) is 19.3 Å². The molecular formula is C11H16BrN3O2S. The van der Waals surface area contributed by atoms with E-state index in [0.29, 0.717) is 16.7 Å². The summed E-state index contributed by atoms with van der Waals surface area (Å²) in [6.07, 6.45) is 6.42. The van der Waals surface area contributed by atoms with Gasteiger partial charge in [-0.15, -0.1) is 0 Å². The zero-order valence-corrected chi connectivity index (χ0v) is 12.8. The largest absolute Gasteiger partial charge is 0.381 e. The number of aromatic nitrogens is 2. The molecule has 5 nitrogen and oxygen atoms in total. The van der Waals surface area contributed by atoms with Gasteiger partial charge in [-0.3, -0.25) is 9.00 Å². The molecule has 0 amide bonds. The Bertz CT molecular complexity index is 540. The lowest BCUT2D eigenvalue weighted by Gasteiger charge is -2.40. The SMILES string of the molecule is Cn1ncc(NCC2(S(C)=O)CCC2)c(Br)c1=O. The smallest absolute Gasteiger partial charge is 0.282 e. The number of anilines is 1. The molecule has 1 aliphatic rings. The van der Waals surface area contributed by atoms with Gasteiger partial charge in [0.25, 0.3) is 5.56 Å². The van der Waals surface area contributed by atoms with Gasteiger partial charge in [-0.2, -0.15) is 5.10 Å². The lowest BCUT2D eigenvalue weighted by Crippen LogP contribution is -2.47. The normalized spacial score (nSPS) is 19.1. The first-order valence-corrected chi connectivity index (χ1v) is 8.11. The molecular weight excluding hydrogens is 318 g/mol. The van der Waals surface area contributed by atoms with E-state index in [1.54, 1.807) is 19.5 Å². The predicted octanol–water partition coefficient (Wildman–Crippen LogP) is 1.26. The van der Waals surface area contributed by atoms with Crippen LogP contribution in [0.3, 0.4) is 0 Å². The highest BCUT2D eigenvalue weighted by atomic mass is 79.9. The van der Waals surface area contributed by atoms with E-state index in [4.69, 9.17) is 0 Å². The molecule has 1 heterocycles. The summed E-state index contributed by atoms with van der Waals surface area (Å²) in [7, 11) is 0.749. The highest BCUT2D eigenvalue weighted by Gasteiger charge is 2.40. The third-order valence-corrected chi connectivity index (χ3v) is 6.09. The second kappa shape index (κ2) is 5.13. The van der Waals surface area contributed by atoms with E-state index in [1.807, 2.05) is 0 Å². The van der Waals surface area contributed by atoms with Gasteiger partial charge in [0, 0.05) is 30.6 Å². The van der Waals surface area contributed by atoms with E-state index < -0.39 is 10.8 Å². The van der Waals surface area contributed by atoms with Crippen LogP contribution >= 0.6 is 15.9 Å². The first-order valence-electron chi connectivity index (χ1n) is 5.75. The molecule has 2 rings (SSSR count). The van der Waals surface area contributed by atoms with Crippen molar-refractivity contribution in [3.63, 3.8) is 0 Å². The van der Waals surface area contributed by atoms with Crippen molar-refractivity contribution >= 4 is 32.4 Å². The molecule has 0 saturated heterocycles. The maximum absolute atomic E-state index is 11.8. The molecule has 0 radical (unpaired) electrons. The molecule has 0 spiro atoms. The van der Waals surface area contributed by atoms with Gasteiger partial charge in [0.1, 0.15) is 4.47 Å². The molecule has 100 valence electrons. The van der Waals surface area contributed by atoms with E-state index in [-0.39, 0.29) is 10.3 Å². The molecule has 1 aliphatic carbocycles. The van der Waals surface area contributed by atoms with Crippen molar-refractivity contribution in [3.8, 4) is 0 Å². The van der Waals surface area contributed by atoms with Crippen LogP contribution in [0.2, 0.25) is 0 Å². The van der Waals surface area contributed by atoms with Crippen LogP contribution in [0.25, 0.3) is 0 Å². The standard InChI is InChI=1S/C11H16BrN3O2S/c1-15-10(16)9(12)8(6-14-15)13-7-11(18(2)17)4-3-5-11/h6,13H,3-5,7H2,1-2H3. The summed E-state index contributed by atoms with van der Waals surface area (Å²) in [6.45, 7) is 0.615. The molecule has 1 N–H and O–H groups in total. The fourth-order valence-electron chi connectivity index (χ4n) is 2.03. The molecule has 1 unspecified atom stereocenters. The number of nitrogens with zero attached hydrogens (tertiary/aromatic N) is 2. The quantitative estimate of drug-likeness (QED) is 0.900. The molecule has 0 aromatic carbocycles. The average molecular weight is 334 g/mol. The van der Waals surface area contributed by atoms with Crippen molar-refractivity contribution in [2.75, 3.05) is 18.1 Å². The van der Waals surface area contributed by atoms with Crippen LogP contribution in [0.1, 0.15) is 19.3 Å². The molecule has 18 heavy (non-hydrogen) atoms. The molecule has 1 fully saturated rings. The maximum atomic E-state index is 11.8. The minimum absolute atomic E-state index is 0.138. The summed E-state index contributed by atoms with van der Waals surface area (Å²) in [5.41, 5.74) is 0.482. The fraction of sp³-hybridized carbons (Fsp3) is 0.636. The molecule has 1 saturated carbocycles. The molecule has 7 heteroatoms. The summed E-state index contributed by atoms with van der Waals surface area (Å²) >= 11 is 3.26. The van der Waals surface area contributed by atoms with Crippen molar-refractivity contribution in [1.29, 1.82) is 0 Å². The van der Waals surface area contributed by atoms with Gasteiger partial charge in [-0.05, 0) is 28.8 Å². The van der Waals surface area contributed by atoms with Crippen LogP contribution < -0.4 is 10.9 Å². The Labute approximate surface area is 117 Å². The third-order valence-electron chi connectivity index (χ3n) is 3.55. The van der Waals surface area contributed by atoms with Gasteiger partial charge in [0.2, 0.25) is 0 Å². The number of hydrogen-bond acceptors (Lipinski definition) is 4. The minimum Gasteiger partial charge on any atom is -0.381 e. The topological polar surface area (TPSA) is 64.0 Å². The number of halogens is 1. The van der Waals surface area contributed by atoms with E-state index in [2.05, 4.69) is 26.3 Å². The Morgan fingerprint density at radius 2 is 2.28 bits per heavy atom. The van der Waals surface area contributed by atoms with Crippen LogP contribution in [0.4, 0.5) is 5.69 Å². The monoisotopic (exact) mass is 333 g/mol. The van der Waals surface area contributed by atoms with Crippen molar-refractivity contribution < 1.29 is 4.21 Å². The second-order valence-corrected chi connectivity index (χ2v) is 7.21. The number of rotatable bonds is 4. The van der Waals surface area contributed by atoms with Gasteiger partial charge in [0.15, 0.2) is 0 Å². The number of hydrogen-bond donors (Lipinski definition) is 1. The first kappa shape index (κ1) is 13.7. The van der Waals surface area contributed by atoms with Crippen molar-refractivity contribution in [2.24, 2.45) is 7.05 Å². The number of nitrogens with one attached hydrogen (secondary N) is 1. The average Bonchev–Trinajstić information content (AvgIpc) is 2.27. The van der Waals surface area contributed by atoms with Gasteiger partial charge < -0.3 is 5.32 Å². The van der Waals surface area contributed by atoms with E-state index in [1.165, 1.54) is 4.68 Å². The van der Waals surface area contributed by atoms with Crippen LogP contribution in [-0.2, 0) is 17.8 Å². The van der Waals surface area contributed by atoms with Crippen LogP contribution in [0.15, 0.2) is 15.5 Å². The predicted molar refractivity (Wildman–Crippen MR) is 76.3 cm³/mol. The summed E-state index contributed by atoms with van der Waals surface area (Å²) in [5.74, 6) is 0. The molecule has 1 atom stereocenters. The van der Waals surface area contributed by atoms with Gasteiger partial charge in [0.05, 0.1) is 16.6 Å². The summed E-state index contributed by atoms with van der Waals surface area (Å²) in [5, 5.41) is 7.15. The zero-order chi connectivity index (χ0) is 13.3. The minimum atomic E-state index is -0.854. The highest BCUT2D eigenvalue weighted by molar-refractivity contribution is 9.10. The Kier molecular flexibility index (Phi) is 3.91. The lowest BCUT2D eigenvalue weighted by atomic mass is 9.84. The van der Waals surface area contributed by atoms with Crippen molar-refractivity contribution in [2.45, 2.75) is 24.0 Å². The molecule has 0 bridgehead atoms. The second-order valence-electron chi connectivity index (χ2n) is 4.65. The maximum Gasteiger partial charge on any atom is 0.282 e. The first-order chi connectivity index (χ1) is 8.46. The van der Waals surface area contributed by atoms with E-state index >= 15 is 0 Å². The Hall–Kier alpha value is -0.690. The van der Waals surface area contributed by atoms with Gasteiger partial charge in [-0.1, -0.05) is 6.42 Å². The molecule has 1 aromatic rings. The van der Waals surface area contributed by atoms with Crippen LogP contribution in [-0.4, -0.2) is 31.5 Å². The fourth-order valence-corrected chi connectivity index (χ4v) is 3.67. The van der Waals surface area contributed by atoms with Gasteiger partial charge in [-0.25, -0.2) is 4.68 Å². The number of aryl methyl sites for hydroxylation is 1.